The molecule has 27 heavy (non-hydrogen) atoms. The molecule has 0 N–H and O–H groups in total. The molecule has 1 saturated heterocycles. The van der Waals surface area contributed by atoms with Gasteiger partial charge in [0.05, 0.1) is 12.0 Å². The van der Waals surface area contributed by atoms with E-state index in [0.717, 1.165) is 16.7 Å². The molecule has 0 unspecified atom stereocenters. The van der Waals surface area contributed by atoms with Crippen molar-refractivity contribution in [3.8, 4) is 17.2 Å². The summed E-state index contributed by atoms with van der Waals surface area (Å²) in [6.07, 6.45) is 1.56. The number of nitrogens with zero attached hydrogens (tertiary/aromatic N) is 2. The van der Waals surface area contributed by atoms with Gasteiger partial charge in [-0.05, 0) is 37.8 Å². The van der Waals surface area contributed by atoms with Crippen molar-refractivity contribution in [2.24, 2.45) is 0 Å². The number of thioether (sulfide) groups is 1. The highest BCUT2D eigenvalue weighted by Crippen LogP contribution is 2.40. The van der Waals surface area contributed by atoms with Crippen molar-refractivity contribution < 1.29 is 28.6 Å². The number of fused-ring (bicyclic) bond motifs is 1. The summed E-state index contributed by atoms with van der Waals surface area (Å²) in [4.78, 5) is 39.9. The number of hydrogen-bond acceptors (Lipinski definition) is 7. The molecule has 2 heterocycles. The first-order chi connectivity index (χ1) is 13.0. The van der Waals surface area contributed by atoms with Crippen molar-refractivity contribution in [2.75, 3.05) is 33.5 Å². The Morgan fingerprint density at radius 3 is 2.56 bits per heavy atom. The number of methoxy groups -OCH3 is 1. The SMILES string of the molecule is CCN(CC)C(=O)CN1C(=O)S/C(=C\c2cc3c(cc2OC)OCO3)C1=O. The number of likely N-dealkylation sites (N-methyl/N-ethyl adjacent to an activating group) is 1. The van der Waals surface area contributed by atoms with Gasteiger partial charge in [0.1, 0.15) is 12.3 Å². The zero-order valence-corrected chi connectivity index (χ0v) is 16.1. The molecule has 2 aliphatic rings. The van der Waals surface area contributed by atoms with Crippen LogP contribution >= 0.6 is 11.8 Å². The average Bonchev–Trinajstić information content (AvgIpc) is 3.21. The van der Waals surface area contributed by atoms with E-state index in [9.17, 15) is 14.4 Å². The van der Waals surface area contributed by atoms with E-state index < -0.39 is 11.1 Å². The summed E-state index contributed by atoms with van der Waals surface area (Å²) >= 11 is 0.798. The fourth-order valence-corrected chi connectivity index (χ4v) is 3.65. The number of rotatable bonds is 6. The number of carbonyl (C=O) groups is 3. The Morgan fingerprint density at radius 2 is 1.93 bits per heavy atom. The van der Waals surface area contributed by atoms with Gasteiger partial charge < -0.3 is 19.1 Å². The van der Waals surface area contributed by atoms with Gasteiger partial charge in [-0.3, -0.25) is 19.3 Å². The summed E-state index contributed by atoms with van der Waals surface area (Å²) < 4.78 is 16.0. The minimum absolute atomic E-state index is 0.117. The lowest BCUT2D eigenvalue weighted by molar-refractivity contribution is -0.135. The Hall–Kier alpha value is -2.68. The number of benzene rings is 1. The maximum absolute atomic E-state index is 12.6. The largest absolute Gasteiger partial charge is 0.496 e. The van der Waals surface area contributed by atoms with Gasteiger partial charge in [-0.1, -0.05) is 0 Å². The Morgan fingerprint density at radius 1 is 1.26 bits per heavy atom. The van der Waals surface area contributed by atoms with E-state index in [1.54, 1.807) is 23.1 Å². The zero-order chi connectivity index (χ0) is 19.6. The van der Waals surface area contributed by atoms with Crippen molar-refractivity contribution in [1.82, 2.24) is 9.80 Å². The predicted molar refractivity (Wildman–Crippen MR) is 99.7 cm³/mol. The molecule has 3 amide bonds. The molecular formula is C18H20N2O6S. The second-order valence-electron chi connectivity index (χ2n) is 5.78. The molecule has 144 valence electrons. The normalized spacial score (nSPS) is 17.0. The second-order valence-corrected chi connectivity index (χ2v) is 6.77. The van der Waals surface area contributed by atoms with Crippen LogP contribution in [0.3, 0.4) is 0 Å². The summed E-state index contributed by atoms with van der Waals surface area (Å²) in [5.74, 6) is 0.833. The van der Waals surface area contributed by atoms with E-state index in [4.69, 9.17) is 14.2 Å². The molecule has 0 aliphatic carbocycles. The molecule has 1 aromatic carbocycles. The maximum atomic E-state index is 12.6. The molecule has 0 aromatic heterocycles. The van der Waals surface area contributed by atoms with E-state index in [0.29, 0.717) is 35.9 Å². The van der Waals surface area contributed by atoms with Crippen LogP contribution in [0.25, 0.3) is 6.08 Å². The molecule has 1 fully saturated rings. The van der Waals surface area contributed by atoms with E-state index in [2.05, 4.69) is 0 Å². The Labute approximate surface area is 161 Å². The van der Waals surface area contributed by atoms with Crippen LogP contribution in [0.15, 0.2) is 17.0 Å². The van der Waals surface area contributed by atoms with Crippen LogP contribution in [0, 0.1) is 0 Å². The fourth-order valence-electron chi connectivity index (χ4n) is 2.82. The lowest BCUT2D eigenvalue weighted by Gasteiger charge is -2.21. The molecule has 0 spiro atoms. The first kappa shape index (κ1) is 19.1. The van der Waals surface area contributed by atoms with Crippen LogP contribution in [0.4, 0.5) is 4.79 Å². The molecule has 9 heteroatoms. The zero-order valence-electron chi connectivity index (χ0n) is 15.3. The Kier molecular flexibility index (Phi) is 5.59. The van der Waals surface area contributed by atoms with E-state index in [1.807, 2.05) is 13.8 Å². The fraction of sp³-hybridized carbons (Fsp3) is 0.389. The van der Waals surface area contributed by atoms with Crippen molar-refractivity contribution in [3.05, 3.63) is 22.6 Å². The molecule has 2 aliphatic heterocycles. The molecule has 3 rings (SSSR count). The smallest absolute Gasteiger partial charge is 0.294 e. The maximum Gasteiger partial charge on any atom is 0.294 e. The highest BCUT2D eigenvalue weighted by atomic mass is 32.2. The number of amides is 3. The van der Waals surface area contributed by atoms with Crippen molar-refractivity contribution in [2.45, 2.75) is 13.8 Å². The average molecular weight is 392 g/mol. The summed E-state index contributed by atoms with van der Waals surface area (Å²) in [7, 11) is 1.50. The highest BCUT2D eigenvalue weighted by molar-refractivity contribution is 8.18. The monoisotopic (exact) mass is 392 g/mol. The summed E-state index contributed by atoms with van der Waals surface area (Å²) in [5.41, 5.74) is 0.585. The van der Waals surface area contributed by atoms with Gasteiger partial charge in [-0.2, -0.15) is 0 Å². The van der Waals surface area contributed by atoms with Crippen LogP contribution in [0.1, 0.15) is 19.4 Å². The Bertz CT molecular complexity index is 818. The van der Waals surface area contributed by atoms with Crippen LogP contribution in [0.5, 0.6) is 17.2 Å². The van der Waals surface area contributed by atoms with Gasteiger partial charge in [0, 0.05) is 24.7 Å². The first-order valence-corrected chi connectivity index (χ1v) is 9.30. The van der Waals surface area contributed by atoms with Crippen LogP contribution < -0.4 is 14.2 Å². The number of ether oxygens (including phenoxy) is 3. The minimum atomic E-state index is -0.495. The topological polar surface area (TPSA) is 85.4 Å². The molecule has 0 radical (unpaired) electrons. The summed E-state index contributed by atoms with van der Waals surface area (Å²) in [6.45, 7) is 4.60. The summed E-state index contributed by atoms with van der Waals surface area (Å²) in [5, 5.41) is -0.466. The van der Waals surface area contributed by atoms with Crippen molar-refractivity contribution in [3.63, 3.8) is 0 Å². The predicted octanol–water partition coefficient (Wildman–Crippen LogP) is 2.33. The second kappa shape index (κ2) is 7.91. The van der Waals surface area contributed by atoms with Gasteiger partial charge in [0.15, 0.2) is 11.5 Å². The van der Waals surface area contributed by atoms with E-state index in [1.165, 1.54) is 7.11 Å². The van der Waals surface area contributed by atoms with E-state index >= 15 is 0 Å². The number of imide groups is 1. The lowest BCUT2D eigenvalue weighted by atomic mass is 10.1. The van der Waals surface area contributed by atoms with Gasteiger partial charge >= 0.3 is 0 Å². The molecule has 0 saturated carbocycles. The highest BCUT2D eigenvalue weighted by Gasteiger charge is 2.37. The van der Waals surface area contributed by atoms with Crippen molar-refractivity contribution in [1.29, 1.82) is 0 Å². The van der Waals surface area contributed by atoms with Gasteiger partial charge in [-0.25, -0.2) is 0 Å². The number of carbonyl (C=O) groups excluding carboxylic acids is 3. The third-order valence-corrected chi connectivity index (χ3v) is 5.20. The van der Waals surface area contributed by atoms with Crippen LogP contribution in [0.2, 0.25) is 0 Å². The minimum Gasteiger partial charge on any atom is -0.496 e. The van der Waals surface area contributed by atoms with Gasteiger partial charge in [-0.15, -0.1) is 0 Å². The van der Waals surface area contributed by atoms with Gasteiger partial charge in [0.2, 0.25) is 12.7 Å². The van der Waals surface area contributed by atoms with Crippen LogP contribution in [-0.2, 0) is 9.59 Å². The summed E-state index contributed by atoms with van der Waals surface area (Å²) in [6, 6.07) is 3.36. The van der Waals surface area contributed by atoms with Gasteiger partial charge in [0.25, 0.3) is 11.1 Å². The van der Waals surface area contributed by atoms with Crippen molar-refractivity contribution >= 4 is 34.9 Å². The molecule has 8 nitrogen and oxygen atoms in total. The Balaban J connectivity index is 1.84. The third-order valence-electron chi connectivity index (χ3n) is 4.29. The third kappa shape index (κ3) is 3.73. The van der Waals surface area contributed by atoms with E-state index in [-0.39, 0.29) is 24.2 Å². The molecule has 0 bridgehead atoms. The number of hydrogen-bond donors (Lipinski definition) is 0. The standard InChI is InChI=1S/C18H20N2O6S/c1-4-19(5-2)16(21)9-20-17(22)15(27-18(20)23)7-11-6-13-14(26-10-25-13)8-12(11)24-3/h6-8H,4-5,9-10H2,1-3H3/b15-7-. The first-order valence-electron chi connectivity index (χ1n) is 8.49. The quantitative estimate of drug-likeness (QED) is 0.687. The lowest BCUT2D eigenvalue weighted by Crippen LogP contribution is -2.41. The molecule has 0 atom stereocenters. The van der Waals surface area contributed by atoms with Crippen LogP contribution in [-0.4, -0.2) is 60.4 Å². The molecular weight excluding hydrogens is 372 g/mol. The molecule has 1 aromatic rings.